The minimum atomic E-state index is -0.560. The topological polar surface area (TPSA) is 370 Å². The summed E-state index contributed by atoms with van der Waals surface area (Å²) < 4.78 is 24.4. The second kappa shape index (κ2) is 107. The van der Waals surface area contributed by atoms with Crippen LogP contribution >= 0.6 is 0 Å². The average molecular weight is 999 g/mol. The van der Waals surface area contributed by atoms with Gasteiger partial charge in [0.15, 0.2) is 0 Å². The lowest BCUT2D eigenvalue weighted by molar-refractivity contribution is 0.0324. The molecule has 0 aromatic carbocycles. The lowest BCUT2D eigenvalue weighted by atomic mass is 10.1. The molecule has 67 heavy (non-hydrogen) atoms. The van der Waals surface area contributed by atoms with Crippen LogP contribution < -0.4 is 0 Å². The third-order valence-electron chi connectivity index (χ3n) is 7.00. The van der Waals surface area contributed by atoms with E-state index in [1.165, 1.54) is 32.6 Å². The monoisotopic (exact) mass is 999 g/mol. The summed E-state index contributed by atoms with van der Waals surface area (Å²) in [6.45, 7) is 11.5. The molecule has 0 saturated carbocycles. The van der Waals surface area contributed by atoms with E-state index in [9.17, 15) is 0 Å². The Morgan fingerprint density at radius 1 is 0.284 bits per heavy atom. The Labute approximate surface area is 405 Å². The molecule has 0 aromatic rings. The highest BCUT2D eigenvalue weighted by molar-refractivity contribution is 4.46. The third-order valence-corrected chi connectivity index (χ3v) is 7.00. The van der Waals surface area contributed by atoms with Crippen molar-refractivity contribution in [3.8, 4) is 0 Å². The van der Waals surface area contributed by atoms with Crippen molar-refractivity contribution in [2.45, 2.75) is 142 Å². The molecule has 0 fully saturated rings. The predicted octanol–water partition coefficient (Wildman–Crippen LogP) is -0.104. The molecule has 21 heteroatoms. The van der Waals surface area contributed by atoms with E-state index >= 15 is 0 Å². The molecule has 0 saturated heterocycles. The van der Waals surface area contributed by atoms with Crippen LogP contribution in [0.25, 0.3) is 0 Å². The van der Waals surface area contributed by atoms with Crippen molar-refractivity contribution in [3.05, 3.63) is 0 Å². The first kappa shape index (κ1) is 86.0. The third kappa shape index (κ3) is 170. The molecule has 21 nitrogen and oxygen atoms in total. The van der Waals surface area contributed by atoms with Gasteiger partial charge in [0.2, 0.25) is 0 Å². The highest BCUT2D eigenvalue weighted by atomic mass is 16.5. The van der Waals surface area contributed by atoms with Gasteiger partial charge in [-0.15, -0.1) is 0 Å². The van der Waals surface area contributed by atoms with E-state index in [1.807, 2.05) is 0 Å². The van der Waals surface area contributed by atoms with Gasteiger partial charge in [0.25, 0.3) is 0 Å². The van der Waals surface area contributed by atoms with Crippen molar-refractivity contribution in [2.75, 3.05) is 159 Å². The molecule has 0 spiro atoms. The fourth-order valence-corrected chi connectivity index (χ4v) is 3.44. The zero-order valence-electron chi connectivity index (χ0n) is 42.6. The molecule has 0 amide bonds. The number of hydrogen-bond acceptors (Lipinski definition) is 21. The summed E-state index contributed by atoms with van der Waals surface area (Å²) in [7, 11) is 1.61. The Morgan fingerprint density at radius 3 is 0.731 bits per heavy atom. The summed E-state index contributed by atoms with van der Waals surface area (Å²) in [4.78, 5) is 0. The van der Waals surface area contributed by atoms with Crippen LogP contribution in [0.5, 0.6) is 0 Å². The lowest BCUT2D eigenvalue weighted by Crippen LogP contribution is -2.07. The van der Waals surface area contributed by atoms with Gasteiger partial charge in [-0.2, -0.15) is 0 Å². The molecule has 0 rings (SSSR count). The van der Waals surface area contributed by atoms with Crippen LogP contribution in [0.1, 0.15) is 130 Å². The van der Waals surface area contributed by atoms with E-state index in [2.05, 4.69) is 16.4 Å². The predicted molar refractivity (Wildman–Crippen MR) is 262 cm³/mol. The van der Waals surface area contributed by atoms with E-state index in [0.29, 0.717) is 72.5 Å². The molecule has 0 aliphatic carbocycles. The number of aliphatic hydroxyl groups is 16. The van der Waals surface area contributed by atoms with Crippen LogP contribution in [-0.4, -0.2) is 253 Å². The molecule has 2 unspecified atom stereocenters. The molecule has 0 bridgehead atoms. The number of hydrogen-bond donors (Lipinski definition) is 16. The lowest BCUT2D eigenvalue weighted by Gasteiger charge is -2.02. The van der Waals surface area contributed by atoms with Crippen LogP contribution in [0.4, 0.5) is 0 Å². The van der Waals surface area contributed by atoms with Gasteiger partial charge in [0.05, 0.1) is 111 Å². The first-order valence-electron chi connectivity index (χ1n) is 24.1. The Balaban J connectivity index is -0.0000000822. The van der Waals surface area contributed by atoms with Gasteiger partial charge in [-0.25, -0.2) is 0 Å². The van der Waals surface area contributed by atoms with Crippen LogP contribution in [0.3, 0.4) is 0 Å². The smallest absolute Gasteiger partial charge is 0.0742 e. The van der Waals surface area contributed by atoms with Crippen molar-refractivity contribution in [1.82, 2.24) is 0 Å². The standard InChI is InChI=1S/C10H22O2.C8H18O3.C6H14O2.C5H12O3.C4H10O3.2C4H10O2.C3H8O2.C2H6O2/c11-9-7-5-3-1-2-4-6-8-10-12;1-2-3-5-10-7-8-11-6-4-9;7-5-3-1-2-4-6-8;1-7-4-5-8-3-2-6;5-1-3-7-4-2-6;1-4(6)2-3-5;5-3-1-2-4-6;1-3(5)2-4;3-1-2-4/h11-12H,1-10H2;9H,2-8H2,1H3;7-8H,1-6H2;6H,2-5H2,1H3;5-6H,1-4H2;4-6H,2-3H2,1H3;5-6H,1-4H2;3-5H,2H2,1H3;3-4H,1-2H2. The Bertz CT molecular complexity index is 583. The maximum Gasteiger partial charge on any atom is 0.0742 e. The van der Waals surface area contributed by atoms with Crippen molar-refractivity contribution >= 4 is 0 Å². The Hall–Kier alpha value is -0.840. The number of methoxy groups -OCH3 is 1. The molecule has 2 atom stereocenters. The summed E-state index contributed by atoms with van der Waals surface area (Å²) in [5.74, 6) is 0. The van der Waals surface area contributed by atoms with Crippen molar-refractivity contribution < 1.29 is 105 Å². The van der Waals surface area contributed by atoms with E-state index in [4.69, 9.17) is 95.9 Å². The van der Waals surface area contributed by atoms with Crippen LogP contribution in [-0.2, 0) is 23.7 Å². The number of ether oxygens (including phenoxy) is 5. The average Bonchev–Trinajstić information content (AvgIpc) is 3.33. The summed E-state index contributed by atoms with van der Waals surface area (Å²) in [6, 6.07) is 0. The maximum atomic E-state index is 8.51. The quantitative estimate of drug-likeness (QED) is 0.0359. The zero-order chi connectivity index (χ0) is 53.0. The first-order chi connectivity index (χ1) is 32.4. The molecule has 0 aliphatic rings. The fourth-order valence-electron chi connectivity index (χ4n) is 3.44. The SMILES string of the molecule is CC(O)CCO.CC(O)CO.CCCCOCCOCCO.COCCOCCO.OCCCCCCCCCCO.OCCCCCCO.OCCCCO.OCCO.OCCOCCO. The minimum absolute atomic E-state index is 0.0278. The molecule has 0 heterocycles. The molecule has 420 valence electrons. The van der Waals surface area contributed by atoms with Crippen LogP contribution in [0.15, 0.2) is 0 Å². The summed E-state index contributed by atoms with van der Waals surface area (Å²) in [5, 5.41) is 130. The van der Waals surface area contributed by atoms with Crippen molar-refractivity contribution in [1.29, 1.82) is 0 Å². The number of unbranched alkanes of at least 4 members (excludes halogenated alkanes) is 12. The second-order valence-electron chi connectivity index (χ2n) is 13.8. The number of rotatable bonds is 38. The van der Waals surface area contributed by atoms with Gasteiger partial charge < -0.3 is 105 Å². The van der Waals surface area contributed by atoms with E-state index in [-0.39, 0.29) is 85.4 Å². The second-order valence-corrected chi connectivity index (χ2v) is 13.8. The molecular formula is C46H110O21. The van der Waals surface area contributed by atoms with Gasteiger partial charge in [-0.1, -0.05) is 64.7 Å². The maximum absolute atomic E-state index is 8.51. The minimum Gasteiger partial charge on any atom is -0.396 e. The van der Waals surface area contributed by atoms with Gasteiger partial charge in [0.1, 0.15) is 0 Å². The molecular weight excluding hydrogens is 888 g/mol. The van der Waals surface area contributed by atoms with Gasteiger partial charge >= 0.3 is 0 Å². The molecule has 0 aromatic heterocycles. The Kier molecular flexibility index (Phi) is 137. The van der Waals surface area contributed by atoms with E-state index in [1.54, 1.807) is 14.0 Å². The largest absolute Gasteiger partial charge is 0.396 e. The van der Waals surface area contributed by atoms with Crippen molar-refractivity contribution in [3.63, 3.8) is 0 Å². The normalized spacial score (nSPS) is 10.6. The summed E-state index contributed by atoms with van der Waals surface area (Å²) in [6.07, 6.45) is 16.4. The first-order valence-corrected chi connectivity index (χ1v) is 24.1. The molecule has 16 N–H and O–H groups in total. The van der Waals surface area contributed by atoms with Crippen LogP contribution in [0, 0.1) is 0 Å². The highest BCUT2D eigenvalue weighted by Gasteiger charge is 1.92. The number of aliphatic hydroxyl groups excluding tert-OH is 16. The fraction of sp³-hybridized carbons (Fsp3) is 1.00. The molecule has 0 radical (unpaired) electrons. The summed E-state index contributed by atoms with van der Waals surface area (Å²) >= 11 is 0. The van der Waals surface area contributed by atoms with Crippen molar-refractivity contribution in [2.24, 2.45) is 0 Å². The van der Waals surface area contributed by atoms with E-state index in [0.717, 1.165) is 83.7 Å². The van der Waals surface area contributed by atoms with Gasteiger partial charge in [-0.3, -0.25) is 0 Å². The van der Waals surface area contributed by atoms with E-state index < -0.39 is 6.10 Å². The highest BCUT2D eigenvalue weighted by Crippen LogP contribution is 2.07. The zero-order valence-corrected chi connectivity index (χ0v) is 42.6. The summed E-state index contributed by atoms with van der Waals surface area (Å²) in [5.41, 5.74) is 0. The Morgan fingerprint density at radius 2 is 0.537 bits per heavy atom. The van der Waals surface area contributed by atoms with Gasteiger partial charge in [-0.05, 0) is 65.2 Å². The van der Waals surface area contributed by atoms with Gasteiger partial charge in [0, 0.05) is 60.0 Å². The molecule has 0 aliphatic heterocycles. The van der Waals surface area contributed by atoms with Crippen LogP contribution in [0.2, 0.25) is 0 Å².